The van der Waals surface area contributed by atoms with E-state index >= 15 is 0 Å². The molecule has 0 saturated heterocycles. The zero-order chi connectivity index (χ0) is 39.9. The fraction of sp³-hybridized carbons (Fsp3) is 0.244. The molecule has 55 heavy (non-hydrogen) atoms. The third-order valence-corrected chi connectivity index (χ3v) is 12.7. The lowest BCUT2D eigenvalue weighted by atomic mass is 9.76. The summed E-state index contributed by atoms with van der Waals surface area (Å²) in [7, 11) is -6.79. The highest BCUT2D eigenvalue weighted by Crippen LogP contribution is 2.48. The van der Waals surface area contributed by atoms with E-state index in [-0.39, 0.29) is 9.79 Å². The number of aryl methyl sites for hydroxylation is 1. The molecule has 10 heteroatoms. The minimum Gasteiger partial charge on any atom is -0.347 e. The van der Waals surface area contributed by atoms with Crippen molar-refractivity contribution in [2.75, 3.05) is 16.8 Å². The van der Waals surface area contributed by atoms with Gasteiger partial charge in [0.05, 0.1) is 15.5 Å². The Hall–Kier alpha value is -5.00. The minimum atomic E-state index is -4.39. The number of likely N-dealkylation sites (N-methyl/N-ethyl adjacent to an activating group) is 1. The molecule has 4 aromatic rings. The average Bonchev–Trinajstić information content (AvgIpc) is 3.33. The molecule has 6 rings (SSSR count). The molecule has 2 N–H and O–H groups in total. The number of hydrogen-bond acceptors (Lipinski definition) is 6. The van der Waals surface area contributed by atoms with E-state index < -0.39 is 31.1 Å². The fourth-order valence-electron chi connectivity index (χ4n) is 7.76. The number of anilines is 3. The predicted molar refractivity (Wildman–Crippen MR) is 222 cm³/mol. The van der Waals surface area contributed by atoms with Gasteiger partial charge in [-0.1, -0.05) is 95.0 Å². The Kier molecular flexibility index (Phi) is 10.8. The van der Waals surface area contributed by atoms with Gasteiger partial charge in [-0.2, -0.15) is 16.8 Å². The highest BCUT2D eigenvalue weighted by atomic mass is 32.2. The molecule has 0 unspecified atom stereocenters. The largest absolute Gasteiger partial charge is 0.347 e. The number of hydrogen-bond donors (Lipinski definition) is 2. The molecule has 1 aliphatic heterocycles. The summed E-state index contributed by atoms with van der Waals surface area (Å²) in [5.41, 5.74) is 9.10. The zero-order valence-corrected chi connectivity index (χ0v) is 33.7. The van der Waals surface area contributed by atoms with Crippen LogP contribution in [-0.4, -0.2) is 33.0 Å². The molecule has 0 atom stereocenters. The predicted octanol–water partition coefficient (Wildman–Crippen LogP) is 10.4. The Balaban J connectivity index is 1.50. The first-order valence-corrected chi connectivity index (χ1v) is 21.1. The van der Waals surface area contributed by atoms with Crippen molar-refractivity contribution >= 4 is 37.3 Å². The Labute approximate surface area is 326 Å². The zero-order valence-electron chi connectivity index (χ0n) is 32.1. The lowest BCUT2D eigenvalue weighted by molar-refractivity contribution is 0.480. The van der Waals surface area contributed by atoms with Gasteiger partial charge in [0.15, 0.2) is 0 Å². The van der Waals surface area contributed by atoms with Gasteiger partial charge in [-0.05, 0) is 120 Å². The van der Waals surface area contributed by atoms with E-state index in [2.05, 4.69) is 72.7 Å². The number of nitrogens with zero attached hydrogens (tertiary/aromatic N) is 2. The van der Waals surface area contributed by atoms with Gasteiger partial charge in [-0.3, -0.25) is 9.11 Å². The Morgan fingerprint density at radius 2 is 1.38 bits per heavy atom. The fourth-order valence-corrected chi connectivity index (χ4v) is 8.77. The topological polar surface area (TPSA) is 115 Å². The van der Waals surface area contributed by atoms with Crippen molar-refractivity contribution in [3.8, 4) is 0 Å². The van der Waals surface area contributed by atoms with Crippen molar-refractivity contribution in [1.82, 2.24) is 0 Å². The first-order chi connectivity index (χ1) is 25.8. The molecule has 1 aliphatic carbocycles. The van der Waals surface area contributed by atoms with Crippen molar-refractivity contribution < 1.29 is 25.9 Å². The molecule has 8 nitrogen and oxygen atoms in total. The normalized spacial score (nSPS) is 17.6. The smallest absolute Gasteiger partial charge is 0.294 e. The number of allylic oxidation sites excluding steroid dienone is 8. The second-order valence-electron chi connectivity index (χ2n) is 15.3. The first kappa shape index (κ1) is 39.7. The third-order valence-electron chi connectivity index (χ3n) is 11.0. The highest BCUT2D eigenvalue weighted by molar-refractivity contribution is 7.86. The molecule has 0 fully saturated rings. The minimum absolute atomic E-state index is 0.131. The average molecular weight is 777 g/mol. The molecule has 1 heterocycles. The molecule has 2 aliphatic rings. The van der Waals surface area contributed by atoms with E-state index in [0.717, 1.165) is 81.1 Å². The summed E-state index contributed by atoms with van der Waals surface area (Å²) in [5, 5.41) is 0. The van der Waals surface area contributed by atoms with Crippen LogP contribution in [-0.2, 0) is 31.1 Å². The van der Waals surface area contributed by atoms with Crippen LogP contribution in [0.3, 0.4) is 0 Å². The van der Waals surface area contributed by atoms with E-state index in [9.17, 15) is 25.9 Å². The van der Waals surface area contributed by atoms with E-state index in [1.54, 1.807) is 18.2 Å². The van der Waals surface area contributed by atoms with Crippen LogP contribution in [0.5, 0.6) is 0 Å². The van der Waals surface area contributed by atoms with E-state index in [4.69, 9.17) is 0 Å². The molecule has 0 amide bonds. The van der Waals surface area contributed by atoms with Crippen LogP contribution in [0.4, 0.5) is 17.1 Å². The van der Waals surface area contributed by atoms with Crippen molar-refractivity contribution in [3.63, 3.8) is 0 Å². The van der Waals surface area contributed by atoms with Crippen molar-refractivity contribution in [2.45, 2.75) is 74.5 Å². The van der Waals surface area contributed by atoms with Crippen LogP contribution in [0, 0.1) is 6.92 Å². The van der Waals surface area contributed by atoms with Gasteiger partial charge in [-0.25, -0.2) is 0 Å². The summed E-state index contributed by atoms with van der Waals surface area (Å²) in [5.74, 6) is 0. The van der Waals surface area contributed by atoms with Crippen LogP contribution in [0.15, 0.2) is 166 Å². The van der Waals surface area contributed by atoms with Crippen molar-refractivity contribution in [1.29, 1.82) is 0 Å². The van der Waals surface area contributed by atoms with Crippen molar-refractivity contribution in [3.05, 3.63) is 173 Å². The number of rotatable bonds is 10. The molecule has 4 aromatic carbocycles. The monoisotopic (exact) mass is 776 g/mol. The van der Waals surface area contributed by atoms with E-state index in [1.807, 2.05) is 70.3 Å². The maximum absolute atomic E-state index is 12.1. The number of para-hydroxylation sites is 2. The number of benzene rings is 4. The van der Waals surface area contributed by atoms with Gasteiger partial charge < -0.3 is 9.80 Å². The van der Waals surface area contributed by atoms with Gasteiger partial charge in [0, 0.05) is 40.6 Å². The van der Waals surface area contributed by atoms with Gasteiger partial charge in [0.1, 0.15) is 0 Å². The van der Waals surface area contributed by atoms with Gasteiger partial charge in [0.2, 0.25) is 0 Å². The Morgan fingerprint density at radius 3 is 1.96 bits per heavy atom. The SMILES string of the molecule is C=C(/C=C/C1=C(N(c2ccccc2)c2ccccc2)C(=C/C=C2\N(C)c3ccc(S(=O)(=O)O)cc3C2(C)C)/CCC1)C(C)(C)c1cc(S(=O)(=O)O)ccc1C. The van der Waals surface area contributed by atoms with Crippen LogP contribution in [0.1, 0.15) is 63.6 Å². The van der Waals surface area contributed by atoms with Gasteiger partial charge in [-0.15, -0.1) is 0 Å². The summed E-state index contributed by atoms with van der Waals surface area (Å²) in [6.07, 6.45) is 10.9. The molecular weight excluding hydrogens is 729 g/mol. The summed E-state index contributed by atoms with van der Waals surface area (Å²) in [4.78, 5) is 4.07. The van der Waals surface area contributed by atoms with Crippen LogP contribution in [0.25, 0.3) is 0 Å². The molecule has 0 radical (unpaired) electrons. The van der Waals surface area contributed by atoms with Gasteiger partial charge in [0.25, 0.3) is 20.2 Å². The highest BCUT2D eigenvalue weighted by Gasteiger charge is 2.39. The maximum atomic E-state index is 12.1. The summed E-state index contributed by atoms with van der Waals surface area (Å²) in [6, 6.07) is 29.8. The molecule has 0 bridgehead atoms. The summed E-state index contributed by atoms with van der Waals surface area (Å²) >= 11 is 0. The third kappa shape index (κ3) is 7.91. The van der Waals surface area contributed by atoms with E-state index in [1.165, 1.54) is 18.2 Å². The molecule has 286 valence electrons. The number of fused-ring (bicyclic) bond motifs is 1. The van der Waals surface area contributed by atoms with Crippen LogP contribution in [0.2, 0.25) is 0 Å². The second-order valence-corrected chi connectivity index (χ2v) is 18.1. The quantitative estimate of drug-likeness (QED) is 0.121. The Morgan fingerprint density at radius 1 is 0.818 bits per heavy atom. The van der Waals surface area contributed by atoms with Gasteiger partial charge >= 0.3 is 0 Å². The van der Waals surface area contributed by atoms with Crippen LogP contribution < -0.4 is 9.80 Å². The lowest BCUT2D eigenvalue weighted by Crippen LogP contribution is -2.24. The first-order valence-electron chi connectivity index (χ1n) is 18.2. The second kappa shape index (κ2) is 14.9. The van der Waals surface area contributed by atoms with E-state index in [0.29, 0.717) is 0 Å². The summed E-state index contributed by atoms with van der Waals surface area (Å²) in [6.45, 7) is 14.5. The summed E-state index contributed by atoms with van der Waals surface area (Å²) < 4.78 is 67.8. The molecule has 0 saturated carbocycles. The maximum Gasteiger partial charge on any atom is 0.294 e. The Bertz CT molecular complexity index is 2460. The molecular formula is C45H48N2O6S2. The molecule has 0 spiro atoms. The standard InChI is InChI=1S/C45H48N2O6S2/c1-31-21-25-37(54(48,49)50)29-39(31)44(3,4)32(2)22-23-33-15-14-16-34(43(33)47(35-17-10-8-11-18-35)36-19-12-9-13-20-36)24-28-42-45(5,6)40-30-38(55(51,52)53)26-27-41(40)46(42)7/h8-13,17-30H,2,14-16H2,1,3-7H3,(H,48,49,50)(H,51,52,53)/b23-22+,34-24+,42-28-. The molecule has 0 aromatic heterocycles. The van der Waals surface area contributed by atoms with Crippen LogP contribution >= 0.6 is 0 Å². The lowest BCUT2D eigenvalue weighted by Gasteiger charge is -2.34. The van der Waals surface area contributed by atoms with Crippen molar-refractivity contribution in [2.24, 2.45) is 0 Å².